The molecule has 0 aromatic heterocycles. The van der Waals surface area contributed by atoms with Gasteiger partial charge in [-0.05, 0) is 25.0 Å². The lowest BCUT2D eigenvalue weighted by molar-refractivity contribution is -0.122. The van der Waals surface area contributed by atoms with Crippen LogP contribution in [0.4, 0.5) is 8.78 Å². The van der Waals surface area contributed by atoms with Crippen LogP contribution >= 0.6 is 0 Å². The minimum atomic E-state index is -4.44. The average Bonchev–Trinajstić information content (AvgIpc) is 2.38. The van der Waals surface area contributed by atoms with Crippen molar-refractivity contribution in [2.24, 2.45) is 5.73 Å². The highest BCUT2D eigenvalue weighted by molar-refractivity contribution is 7.89. The summed E-state index contributed by atoms with van der Waals surface area (Å²) in [5.41, 5.74) is 5.18. The van der Waals surface area contributed by atoms with E-state index in [0.29, 0.717) is 12.8 Å². The predicted octanol–water partition coefficient (Wildman–Crippen LogP) is 0.993. The van der Waals surface area contributed by atoms with Gasteiger partial charge in [0, 0.05) is 6.54 Å². The molecule has 2 rings (SSSR count). The number of nitrogens with zero attached hydrogens (tertiary/aromatic N) is 1. The van der Waals surface area contributed by atoms with E-state index in [1.54, 1.807) is 0 Å². The summed E-state index contributed by atoms with van der Waals surface area (Å²) >= 11 is 0. The second-order valence-corrected chi connectivity index (χ2v) is 6.41. The molecule has 8 heteroatoms. The van der Waals surface area contributed by atoms with Crippen molar-refractivity contribution in [1.29, 1.82) is 0 Å². The quantitative estimate of drug-likeness (QED) is 0.904. The van der Waals surface area contributed by atoms with Gasteiger partial charge in [-0.25, -0.2) is 17.2 Å². The molecule has 0 aliphatic carbocycles. The van der Waals surface area contributed by atoms with Gasteiger partial charge in [0.05, 0.1) is 0 Å². The van der Waals surface area contributed by atoms with Crippen LogP contribution in [0, 0.1) is 11.6 Å². The van der Waals surface area contributed by atoms with Crippen LogP contribution in [-0.4, -0.2) is 31.2 Å². The third kappa shape index (κ3) is 2.53. The molecule has 1 aromatic rings. The fourth-order valence-corrected chi connectivity index (χ4v) is 4.10. The SMILES string of the molecule is NC(=O)[C@H]1CCCCN1S(=O)(=O)c1c(F)cccc1F. The van der Waals surface area contributed by atoms with E-state index < -0.39 is 38.5 Å². The van der Waals surface area contributed by atoms with Gasteiger partial charge < -0.3 is 5.73 Å². The van der Waals surface area contributed by atoms with E-state index in [2.05, 4.69) is 0 Å². The summed E-state index contributed by atoms with van der Waals surface area (Å²) in [4.78, 5) is 10.3. The molecule has 0 unspecified atom stereocenters. The van der Waals surface area contributed by atoms with Crippen molar-refractivity contribution in [3.05, 3.63) is 29.8 Å². The predicted molar refractivity (Wildman–Crippen MR) is 67.1 cm³/mol. The van der Waals surface area contributed by atoms with Crippen LogP contribution in [0.5, 0.6) is 0 Å². The number of rotatable bonds is 3. The molecule has 1 fully saturated rings. The summed E-state index contributed by atoms with van der Waals surface area (Å²) in [5.74, 6) is -3.18. The minimum absolute atomic E-state index is 0.0176. The second-order valence-electron chi connectivity index (χ2n) is 4.58. The number of benzene rings is 1. The summed E-state index contributed by atoms with van der Waals surface area (Å²) in [6.07, 6.45) is 1.41. The molecule has 20 heavy (non-hydrogen) atoms. The Kier molecular flexibility index (Phi) is 4.05. The molecule has 5 nitrogen and oxygen atoms in total. The summed E-state index contributed by atoms with van der Waals surface area (Å²) in [5, 5.41) is 0. The van der Waals surface area contributed by atoms with Crippen LogP contribution in [0.1, 0.15) is 19.3 Å². The van der Waals surface area contributed by atoms with Crippen LogP contribution in [-0.2, 0) is 14.8 Å². The van der Waals surface area contributed by atoms with Crippen LogP contribution < -0.4 is 5.73 Å². The number of amides is 1. The highest BCUT2D eigenvalue weighted by atomic mass is 32.2. The number of hydrogen-bond acceptors (Lipinski definition) is 3. The van der Waals surface area contributed by atoms with E-state index in [9.17, 15) is 22.0 Å². The first-order valence-corrected chi connectivity index (χ1v) is 7.55. The number of piperidine rings is 1. The normalized spacial score (nSPS) is 20.8. The number of sulfonamides is 1. The fourth-order valence-electron chi connectivity index (χ4n) is 2.32. The van der Waals surface area contributed by atoms with E-state index in [1.807, 2.05) is 0 Å². The maximum Gasteiger partial charge on any atom is 0.249 e. The number of halogens is 2. The zero-order valence-electron chi connectivity index (χ0n) is 10.6. The van der Waals surface area contributed by atoms with Gasteiger partial charge in [0.15, 0.2) is 4.90 Å². The standard InChI is InChI=1S/C12H14F2N2O3S/c13-8-4-3-5-9(14)11(8)20(18,19)16-7-2-1-6-10(16)12(15)17/h3-5,10H,1-2,6-7H2,(H2,15,17)/t10-/m1/s1. The minimum Gasteiger partial charge on any atom is -0.368 e. The smallest absolute Gasteiger partial charge is 0.249 e. The lowest BCUT2D eigenvalue weighted by atomic mass is 10.0. The van der Waals surface area contributed by atoms with Gasteiger partial charge >= 0.3 is 0 Å². The van der Waals surface area contributed by atoms with Crippen LogP contribution in [0.25, 0.3) is 0 Å². The maximum atomic E-state index is 13.7. The summed E-state index contributed by atoms with van der Waals surface area (Å²) in [6.45, 7) is 0.0176. The Morgan fingerprint density at radius 3 is 2.40 bits per heavy atom. The molecule has 110 valence electrons. The number of nitrogens with two attached hydrogens (primary N) is 1. The van der Waals surface area contributed by atoms with E-state index in [4.69, 9.17) is 5.73 Å². The van der Waals surface area contributed by atoms with E-state index in [-0.39, 0.29) is 13.0 Å². The topological polar surface area (TPSA) is 80.5 Å². The molecule has 1 atom stereocenters. The van der Waals surface area contributed by atoms with Gasteiger partial charge in [-0.15, -0.1) is 0 Å². The number of hydrogen-bond donors (Lipinski definition) is 1. The van der Waals surface area contributed by atoms with E-state index in [1.165, 1.54) is 0 Å². The second kappa shape index (κ2) is 5.45. The molecular weight excluding hydrogens is 290 g/mol. The van der Waals surface area contributed by atoms with Gasteiger partial charge in [0.1, 0.15) is 17.7 Å². The van der Waals surface area contributed by atoms with Crippen molar-refractivity contribution in [2.45, 2.75) is 30.2 Å². The van der Waals surface area contributed by atoms with Crippen molar-refractivity contribution >= 4 is 15.9 Å². The van der Waals surface area contributed by atoms with Crippen LogP contribution in [0.15, 0.2) is 23.1 Å². The first-order chi connectivity index (χ1) is 9.35. The molecule has 1 aliphatic rings. The van der Waals surface area contributed by atoms with Crippen LogP contribution in [0.3, 0.4) is 0 Å². The van der Waals surface area contributed by atoms with Gasteiger partial charge in [-0.3, -0.25) is 4.79 Å². The Balaban J connectivity index is 2.51. The van der Waals surface area contributed by atoms with Gasteiger partial charge in [-0.1, -0.05) is 12.5 Å². The first kappa shape index (κ1) is 14.9. The molecule has 1 amide bonds. The highest BCUT2D eigenvalue weighted by Gasteiger charge is 2.39. The molecule has 2 N–H and O–H groups in total. The molecule has 1 saturated heterocycles. The number of primary amides is 1. The fraction of sp³-hybridized carbons (Fsp3) is 0.417. The van der Waals surface area contributed by atoms with Crippen molar-refractivity contribution in [1.82, 2.24) is 4.31 Å². The highest BCUT2D eigenvalue weighted by Crippen LogP contribution is 2.28. The molecule has 1 aliphatic heterocycles. The van der Waals surface area contributed by atoms with E-state index in [0.717, 1.165) is 22.5 Å². The molecule has 1 aromatic carbocycles. The zero-order valence-corrected chi connectivity index (χ0v) is 11.4. The Morgan fingerprint density at radius 2 is 1.85 bits per heavy atom. The molecular formula is C12H14F2N2O3S. The monoisotopic (exact) mass is 304 g/mol. The van der Waals surface area contributed by atoms with Crippen molar-refractivity contribution < 1.29 is 22.0 Å². The number of carbonyl (C=O) groups is 1. The Morgan fingerprint density at radius 1 is 1.25 bits per heavy atom. The molecule has 0 spiro atoms. The Bertz CT molecular complexity index is 613. The average molecular weight is 304 g/mol. The molecule has 1 heterocycles. The lowest BCUT2D eigenvalue weighted by Crippen LogP contribution is -2.50. The van der Waals surface area contributed by atoms with Gasteiger partial charge in [0.2, 0.25) is 15.9 Å². The van der Waals surface area contributed by atoms with Crippen molar-refractivity contribution in [3.8, 4) is 0 Å². The molecule has 0 radical (unpaired) electrons. The molecule has 0 saturated carbocycles. The first-order valence-electron chi connectivity index (χ1n) is 6.11. The van der Waals surface area contributed by atoms with Crippen LogP contribution in [0.2, 0.25) is 0 Å². The molecule has 0 bridgehead atoms. The third-order valence-corrected chi connectivity index (χ3v) is 5.23. The summed E-state index contributed by atoms with van der Waals surface area (Å²) < 4.78 is 52.9. The summed E-state index contributed by atoms with van der Waals surface area (Å²) in [7, 11) is -4.44. The Labute approximate surface area is 115 Å². The van der Waals surface area contributed by atoms with Crippen molar-refractivity contribution in [2.75, 3.05) is 6.54 Å². The maximum absolute atomic E-state index is 13.7. The van der Waals surface area contributed by atoms with E-state index >= 15 is 0 Å². The Hall–Kier alpha value is -1.54. The van der Waals surface area contributed by atoms with Crippen molar-refractivity contribution in [3.63, 3.8) is 0 Å². The largest absolute Gasteiger partial charge is 0.368 e. The number of carbonyl (C=O) groups excluding carboxylic acids is 1. The third-order valence-electron chi connectivity index (χ3n) is 3.27. The van der Waals surface area contributed by atoms with Gasteiger partial charge in [-0.2, -0.15) is 4.31 Å². The zero-order chi connectivity index (χ0) is 14.9. The lowest BCUT2D eigenvalue weighted by Gasteiger charge is -2.32. The summed E-state index contributed by atoms with van der Waals surface area (Å²) in [6, 6.07) is 1.73. The van der Waals surface area contributed by atoms with Gasteiger partial charge in [0.25, 0.3) is 0 Å².